The third-order valence-corrected chi connectivity index (χ3v) is 4.32. The summed E-state index contributed by atoms with van der Waals surface area (Å²) < 4.78 is 0. The van der Waals surface area contributed by atoms with Gasteiger partial charge in [0.05, 0.1) is 5.02 Å². The van der Waals surface area contributed by atoms with Gasteiger partial charge in [0.15, 0.2) is 5.16 Å². The Balaban J connectivity index is 1.96. The summed E-state index contributed by atoms with van der Waals surface area (Å²) in [5, 5.41) is 3.88. The number of nitrogens with one attached hydrogen (secondary N) is 1. The molecule has 3 N–H and O–H groups in total. The summed E-state index contributed by atoms with van der Waals surface area (Å²) in [7, 11) is 0. The Labute approximate surface area is 124 Å². The molecule has 0 fully saturated rings. The number of fused-ring (bicyclic) bond motifs is 1. The molecule has 3 rings (SSSR count). The Hall–Kier alpha value is -1.63. The van der Waals surface area contributed by atoms with E-state index < -0.39 is 6.04 Å². The molecule has 1 unspecified atom stereocenters. The highest BCUT2D eigenvalue weighted by Gasteiger charge is 2.28. The quantitative estimate of drug-likeness (QED) is 0.833. The lowest BCUT2D eigenvalue weighted by atomic mass is 10.1. The lowest BCUT2D eigenvalue weighted by Crippen LogP contribution is -2.19. The predicted octanol–water partition coefficient (Wildman–Crippen LogP) is 2.54. The van der Waals surface area contributed by atoms with E-state index >= 15 is 0 Å². The smallest absolute Gasteiger partial charge is 0.245 e. The van der Waals surface area contributed by atoms with Crippen LogP contribution < -0.4 is 11.1 Å². The van der Waals surface area contributed by atoms with Gasteiger partial charge in [-0.1, -0.05) is 11.6 Å². The molecule has 20 heavy (non-hydrogen) atoms. The summed E-state index contributed by atoms with van der Waals surface area (Å²) in [4.78, 5) is 20.8. The molecular formula is C13H11ClN4OS. The topological polar surface area (TPSA) is 80.9 Å². The molecule has 5 nitrogen and oxygen atoms in total. The molecule has 1 aliphatic heterocycles. The van der Waals surface area contributed by atoms with E-state index in [9.17, 15) is 4.79 Å². The second-order valence-electron chi connectivity index (χ2n) is 4.42. The van der Waals surface area contributed by atoms with Crippen LogP contribution in [0.1, 0.15) is 17.3 Å². The number of halogens is 1. The molecule has 0 bridgehead atoms. The number of anilines is 1. The molecule has 1 atom stereocenters. The van der Waals surface area contributed by atoms with Crippen LogP contribution >= 0.6 is 23.4 Å². The van der Waals surface area contributed by atoms with E-state index in [0.717, 1.165) is 16.2 Å². The maximum atomic E-state index is 11.5. The highest BCUT2D eigenvalue weighted by Crippen LogP contribution is 2.39. The number of nitrogens with two attached hydrogens (primary N) is 1. The first kappa shape index (κ1) is 13.4. The Morgan fingerprint density at radius 2 is 2.25 bits per heavy atom. The Morgan fingerprint density at radius 1 is 1.45 bits per heavy atom. The molecule has 0 spiro atoms. The molecule has 2 aromatic rings. The molecular weight excluding hydrogens is 296 g/mol. The maximum absolute atomic E-state index is 11.5. The SMILES string of the molecule is Cc1ccnc(Sc2cc3c(cc2Cl)C(N)C(=O)N3)n1. The number of hydrogen-bond acceptors (Lipinski definition) is 5. The maximum Gasteiger partial charge on any atom is 0.245 e. The third-order valence-electron chi connectivity index (χ3n) is 2.95. The van der Waals surface area contributed by atoms with Gasteiger partial charge in [-0.15, -0.1) is 0 Å². The molecule has 1 aliphatic rings. The first-order valence-corrected chi connectivity index (χ1v) is 7.11. The van der Waals surface area contributed by atoms with Gasteiger partial charge in [0.1, 0.15) is 6.04 Å². The fourth-order valence-electron chi connectivity index (χ4n) is 1.94. The van der Waals surface area contributed by atoms with E-state index in [2.05, 4.69) is 15.3 Å². The molecule has 0 saturated heterocycles. The lowest BCUT2D eigenvalue weighted by Gasteiger charge is -2.07. The van der Waals surface area contributed by atoms with Gasteiger partial charge in [-0.05, 0) is 36.9 Å². The number of aryl methyl sites for hydroxylation is 1. The standard InChI is InChI=1S/C13H11ClN4OS/c1-6-2-3-16-13(17-6)20-10-5-9-7(4-8(10)14)11(15)12(19)18-9/h2-5,11H,15H2,1H3,(H,18,19). The molecule has 1 aromatic carbocycles. The van der Waals surface area contributed by atoms with Crippen molar-refractivity contribution in [2.24, 2.45) is 5.73 Å². The monoisotopic (exact) mass is 306 g/mol. The second kappa shape index (κ2) is 5.05. The molecule has 2 heterocycles. The van der Waals surface area contributed by atoms with Crippen LogP contribution in [0, 0.1) is 6.92 Å². The van der Waals surface area contributed by atoms with Gasteiger partial charge >= 0.3 is 0 Å². The number of rotatable bonds is 2. The van der Waals surface area contributed by atoms with Crippen LogP contribution in [0.15, 0.2) is 34.4 Å². The highest BCUT2D eigenvalue weighted by atomic mass is 35.5. The van der Waals surface area contributed by atoms with E-state index in [-0.39, 0.29) is 5.91 Å². The summed E-state index contributed by atoms with van der Waals surface area (Å²) >= 11 is 7.59. The van der Waals surface area contributed by atoms with Crippen LogP contribution in [0.3, 0.4) is 0 Å². The third kappa shape index (κ3) is 2.37. The molecule has 7 heteroatoms. The average Bonchev–Trinajstić information content (AvgIpc) is 2.66. The summed E-state index contributed by atoms with van der Waals surface area (Å²) in [6.45, 7) is 1.90. The first-order valence-electron chi connectivity index (χ1n) is 5.92. The predicted molar refractivity (Wildman–Crippen MR) is 77.9 cm³/mol. The van der Waals surface area contributed by atoms with Gasteiger partial charge in [-0.25, -0.2) is 9.97 Å². The Kier molecular flexibility index (Phi) is 3.37. The van der Waals surface area contributed by atoms with Crippen LogP contribution in [0.2, 0.25) is 5.02 Å². The number of hydrogen-bond donors (Lipinski definition) is 2. The van der Waals surface area contributed by atoms with Crippen molar-refractivity contribution in [1.82, 2.24) is 9.97 Å². The Bertz CT molecular complexity index is 707. The van der Waals surface area contributed by atoms with Crippen molar-refractivity contribution in [3.05, 3.63) is 40.7 Å². The van der Waals surface area contributed by atoms with Gasteiger partial charge in [-0.2, -0.15) is 0 Å². The number of nitrogens with zero attached hydrogens (tertiary/aromatic N) is 2. The van der Waals surface area contributed by atoms with Gasteiger partial charge in [0.25, 0.3) is 0 Å². The second-order valence-corrected chi connectivity index (χ2v) is 5.84. The minimum Gasteiger partial charge on any atom is -0.324 e. The van der Waals surface area contributed by atoms with Gasteiger partial charge in [0, 0.05) is 28.0 Å². The van der Waals surface area contributed by atoms with Crippen molar-refractivity contribution in [3.8, 4) is 0 Å². The molecule has 102 valence electrons. The number of amides is 1. The zero-order valence-corrected chi connectivity index (χ0v) is 12.1. The van der Waals surface area contributed by atoms with E-state index in [0.29, 0.717) is 15.9 Å². The number of benzene rings is 1. The summed E-state index contributed by atoms with van der Waals surface area (Å²) in [5.41, 5.74) is 8.08. The van der Waals surface area contributed by atoms with Crippen LogP contribution in [0.4, 0.5) is 5.69 Å². The zero-order valence-electron chi connectivity index (χ0n) is 10.6. The Morgan fingerprint density at radius 3 is 3.00 bits per heavy atom. The molecule has 0 radical (unpaired) electrons. The van der Waals surface area contributed by atoms with Crippen molar-refractivity contribution in [2.45, 2.75) is 23.0 Å². The van der Waals surface area contributed by atoms with Crippen LogP contribution in [-0.2, 0) is 4.79 Å². The van der Waals surface area contributed by atoms with E-state index in [1.54, 1.807) is 18.3 Å². The summed E-state index contributed by atoms with van der Waals surface area (Å²) in [6, 6.07) is 4.70. The van der Waals surface area contributed by atoms with Crippen LogP contribution in [0.25, 0.3) is 0 Å². The van der Waals surface area contributed by atoms with Crippen molar-refractivity contribution >= 4 is 35.0 Å². The fourth-order valence-corrected chi connectivity index (χ4v) is 3.06. The average molecular weight is 307 g/mol. The van der Waals surface area contributed by atoms with Crippen LogP contribution in [-0.4, -0.2) is 15.9 Å². The van der Waals surface area contributed by atoms with E-state index in [1.165, 1.54) is 11.8 Å². The lowest BCUT2D eigenvalue weighted by molar-refractivity contribution is -0.116. The normalized spacial score (nSPS) is 16.9. The molecule has 0 saturated carbocycles. The van der Waals surface area contributed by atoms with Crippen molar-refractivity contribution in [3.63, 3.8) is 0 Å². The molecule has 1 aromatic heterocycles. The van der Waals surface area contributed by atoms with Crippen LogP contribution in [0.5, 0.6) is 0 Å². The van der Waals surface area contributed by atoms with Crippen molar-refractivity contribution in [1.29, 1.82) is 0 Å². The van der Waals surface area contributed by atoms with Gasteiger partial charge in [0.2, 0.25) is 5.91 Å². The molecule has 1 amide bonds. The van der Waals surface area contributed by atoms with E-state index in [4.69, 9.17) is 17.3 Å². The largest absolute Gasteiger partial charge is 0.324 e. The minimum absolute atomic E-state index is 0.218. The fraction of sp³-hybridized carbons (Fsp3) is 0.154. The first-order chi connectivity index (χ1) is 9.54. The summed E-state index contributed by atoms with van der Waals surface area (Å²) in [5.74, 6) is -0.218. The van der Waals surface area contributed by atoms with Crippen molar-refractivity contribution < 1.29 is 4.79 Å². The number of carbonyl (C=O) groups excluding carboxylic acids is 1. The number of carbonyl (C=O) groups is 1. The van der Waals surface area contributed by atoms with Gasteiger partial charge < -0.3 is 11.1 Å². The molecule has 0 aliphatic carbocycles. The highest BCUT2D eigenvalue weighted by molar-refractivity contribution is 7.99. The minimum atomic E-state index is -0.656. The van der Waals surface area contributed by atoms with E-state index in [1.807, 2.05) is 13.0 Å². The number of aromatic nitrogens is 2. The van der Waals surface area contributed by atoms with Crippen molar-refractivity contribution in [2.75, 3.05) is 5.32 Å². The zero-order chi connectivity index (χ0) is 14.3. The summed E-state index contributed by atoms with van der Waals surface area (Å²) in [6.07, 6.45) is 1.70. The van der Waals surface area contributed by atoms with Gasteiger partial charge in [-0.3, -0.25) is 4.79 Å².